The van der Waals surface area contributed by atoms with E-state index in [1.54, 1.807) is 14.0 Å². The van der Waals surface area contributed by atoms with Gasteiger partial charge in [-0.2, -0.15) is 13.2 Å². The molecule has 0 aliphatic rings. The van der Waals surface area contributed by atoms with E-state index in [2.05, 4.69) is 0 Å². The zero-order chi connectivity index (χ0) is 25.9. The van der Waals surface area contributed by atoms with Crippen LogP contribution in [0.25, 0.3) is 11.0 Å². The van der Waals surface area contributed by atoms with Crippen molar-refractivity contribution >= 4 is 11.0 Å². The Balaban J connectivity index is 1.91. The summed E-state index contributed by atoms with van der Waals surface area (Å²) in [4.78, 5) is 24.2. The Morgan fingerprint density at radius 2 is 1.77 bits per heavy atom. The highest BCUT2D eigenvalue weighted by molar-refractivity contribution is 5.87. The van der Waals surface area contributed by atoms with Crippen molar-refractivity contribution < 1.29 is 27.4 Å². The summed E-state index contributed by atoms with van der Waals surface area (Å²) in [7, 11) is 1.59. The summed E-state index contributed by atoms with van der Waals surface area (Å²) >= 11 is 0. The molecule has 35 heavy (non-hydrogen) atoms. The van der Waals surface area contributed by atoms with Gasteiger partial charge in [0.25, 0.3) is 0 Å². The molecule has 0 fully saturated rings. The van der Waals surface area contributed by atoms with Gasteiger partial charge in [-0.1, -0.05) is 26.7 Å². The Labute approximate surface area is 200 Å². The lowest BCUT2D eigenvalue weighted by Crippen LogP contribution is -2.22. The average molecular weight is 497 g/mol. The van der Waals surface area contributed by atoms with Crippen LogP contribution in [0.15, 0.2) is 26.1 Å². The fourth-order valence-corrected chi connectivity index (χ4v) is 4.26. The minimum atomic E-state index is -4.69. The molecule has 0 radical (unpaired) electrons. The quantitative estimate of drug-likeness (QED) is 0.312. The second-order valence-corrected chi connectivity index (χ2v) is 8.65. The van der Waals surface area contributed by atoms with Gasteiger partial charge in [0.05, 0.1) is 17.9 Å². The number of ether oxygens (including phenoxy) is 1. The highest BCUT2D eigenvalue weighted by Crippen LogP contribution is 2.40. The molecule has 0 amide bonds. The minimum absolute atomic E-state index is 0.0705. The van der Waals surface area contributed by atoms with E-state index < -0.39 is 17.4 Å². The number of aromatic hydroxyl groups is 1. The zero-order valence-electron chi connectivity index (χ0n) is 20.4. The van der Waals surface area contributed by atoms with Gasteiger partial charge in [0.2, 0.25) is 5.88 Å². The number of fused-ring (bicyclic) bond motifs is 1. The third-order valence-corrected chi connectivity index (χ3v) is 6.11. The fraction of sp³-hybridized carbons (Fsp3) is 0.520. The van der Waals surface area contributed by atoms with Crippen LogP contribution >= 0.6 is 0 Å². The molecule has 192 valence electrons. The molecule has 2 heterocycles. The van der Waals surface area contributed by atoms with E-state index in [9.17, 15) is 27.9 Å². The van der Waals surface area contributed by atoms with Gasteiger partial charge in [-0.25, -0.2) is 9.59 Å². The third-order valence-electron chi connectivity index (χ3n) is 6.11. The van der Waals surface area contributed by atoms with Crippen LogP contribution in [0, 0.1) is 6.92 Å². The van der Waals surface area contributed by atoms with Crippen molar-refractivity contribution in [3.8, 4) is 11.6 Å². The lowest BCUT2D eigenvalue weighted by atomic mass is 9.96. The number of rotatable bonds is 10. The number of halogens is 3. The van der Waals surface area contributed by atoms with E-state index in [0.29, 0.717) is 73.7 Å². The first-order valence-electron chi connectivity index (χ1n) is 11.8. The van der Waals surface area contributed by atoms with Crippen LogP contribution in [-0.4, -0.2) is 20.8 Å². The molecular formula is C25H31F3N2O5. The number of nitrogens with zero attached hydrogens (tertiary/aromatic N) is 2. The number of imidazole rings is 1. The number of hydrogen-bond donors (Lipinski definition) is 1. The number of aromatic nitrogens is 2. The Morgan fingerprint density at radius 1 is 1.09 bits per heavy atom. The van der Waals surface area contributed by atoms with Gasteiger partial charge in [-0.05, 0) is 44.2 Å². The number of hydrogen-bond acceptors (Lipinski definition) is 5. The second-order valence-electron chi connectivity index (χ2n) is 8.65. The van der Waals surface area contributed by atoms with Crippen LogP contribution in [0.4, 0.5) is 13.2 Å². The maximum atomic E-state index is 13.7. The Morgan fingerprint density at radius 3 is 2.34 bits per heavy atom. The Hall–Kier alpha value is -3.17. The summed E-state index contributed by atoms with van der Waals surface area (Å²) < 4.78 is 55.1. The molecule has 0 bridgehead atoms. The minimum Gasteiger partial charge on any atom is -0.493 e. The van der Waals surface area contributed by atoms with Crippen molar-refractivity contribution in [2.24, 2.45) is 7.05 Å². The molecule has 0 spiro atoms. The van der Waals surface area contributed by atoms with Gasteiger partial charge < -0.3 is 14.3 Å². The predicted molar refractivity (Wildman–Crippen MR) is 126 cm³/mol. The van der Waals surface area contributed by atoms with Gasteiger partial charge >= 0.3 is 17.5 Å². The summed E-state index contributed by atoms with van der Waals surface area (Å²) in [6, 6.07) is 1.92. The molecule has 0 aliphatic carbocycles. The molecule has 3 aromatic rings. The normalized spacial score (nSPS) is 12.0. The number of alkyl halides is 3. The van der Waals surface area contributed by atoms with E-state index in [0.717, 1.165) is 0 Å². The molecule has 1 aromatic carbocycles. The third kappa shape index (κ3) is 5.41. The molecule has 0 saturated carbocycles. The van der Waals surface area contributed by atoms with Crippen LogP contribution in [0.3, 0.4) is 0 Å². The molecule has 2 aromatic heterocycles. The lowest BCUT2D eigenvalue weighted by molar-refractivity contribution is -0.136. The van der Waals surface area contributed by atoms with Crippen LogP contribution < -0.4 is 16.1 Å². The van der Waals surface area contributed by atoms with Crippen LogP contribution in [0.5, 0.6) is 11.6 Å². The number of benzene rings is 1. The van der Waals surface area contributed by atoms with Crippen molar-refractivity contribution in [1.82, 2.24) is 9.13 Å². The molecule has 7 nitrogen and oxygen atoms in total. The topological polar surface area (TPSA) is 86.6 Å². The summed E-state index contributed by atoms with van der Waals surface area (Å²) in [5, 5.41) is 9.99. The zero-order valence-corrected chi connectivity index (χ0v) is 20.4. The largest absolute Gasteiger partial charge is 0.493 e. The SMILES string of the molecule is CCCc1cc2c(C(F)(F)F)cc(=O)oc2c(CCC)c1OCCCCn1c(O)c(C)n(C)c1=O. The summed E-state index contributed by atoms with van der Waals surface area (Å²) in [6.07, 6.45) is -1.39. The Bertz CT molecular complexity index is 1320. The van der Waals surface area contributed by atoms with Crippen LogP contribution in [0.1, 0.15) is 61.9 Å². The molecule has 0 aliphatic heterocycles. The fourth-order valence-electron chi connectivity index (χ4n) is 4.26. The predicted octanol–water partition coefficient (Wildman–Crippen LogP) is 5.09. The monoisotopic (exact) mass is 496 g/mol. The van der Waals surface area contributed by atoms with E-state index in [-0.39, 0.29) is 29.1 Å². The van der Waals surface area contributed by atoms with Gasteiger partial charge in [-0.3, -0.25) is 9.13 Å². The number of unbranched alkanes of at least 4 members (excludes halogenated alkanes) is 1. The van der Waals surface area contributed by atoms with E-state index >= 15 is 0 Å². The van der Waals surface area contributed by atoms with Crippen molar-refractivity contribution in [3.05, 3.63) is 55.4 Å². The molecule has 0 unspecified atom stereocenters. The van der Waals surface area contributed by atoms with Crippen molar-refractivity contribution in [1.29, 1.82) is 0 Å². The number of aryl methyl sites for hydroxylation is 2. The van der Waals surface area contributed by atoms with Gasteiger partial charge in [0.15, 0.2) is 0 Å². The molecule has 0 atom stereocenters. The first kappa shape index (κ1) is 26.4. The molecule has 10 heteroatoms. The first-order chi connectivity index (χ1) is 16.5. The molecular weight excluding hydrogens is 465 g/mol. The smallest absolute Gasteiger partial charge is 0.417 e. The van der Waals surface area contributed by atoms with E-state index in [1.165, 1.54) is 15.2 Å². The van der Waals surface area contributed by atoms with Crippen molar-refractivity contribution in [2.45, 2.75) is 72.0 Å². The molecule has 1 N–H and O–H groups in total. The highest BCUT2D eigenvalue weighted by Gasteiger charge is 2.35. The first-order valence-corrected chi connectivity index (χ1v) is 11.8. The van der Waals surface area contributed by atoms with Gasteiger partial charge in [0, 0.05) is 30.6 Å². The van der Waals surface area contributed by atoms with Gasteiger partial charge in [-0.15, -0.1) is 0 Å². The van der Waals surface area contributed by atoms with Crippen LogP contribution in [0.2, 0.25) is 0 Å². The van der Waals surface area contributed by atoms with Crippen molar-refractivity contribution in [3.63, 3.8) is 0 Å². The van der Waals surface area contributed by atoms with E-state index in [1.807, 2.05) is 13.8 Å². The second kappa shape index (κ2) is 10.6. The summed E-state index contributed by atoms with van der Waals surface area (Å²) in [6.45, 7) is 6.03. The molecule has 3 rings (SSSR count). The summed E-state index contributed by atoms with van der Waals surface area (Å²) in [5.74, 6) is 0.387. The standard InChI is InChI=1S/C25H31F3N2O5/c1-5-9-16-13-18-19(25(26,27)28)14-20(31)35-22(18)17(10-6-2)21(16)34-12-8-7-11-30-23(32)15(3)29(4)24(30)33/h13-14,32H,5-12H2,1-4H3. The summed E-state index contributed by atoms with van der Waals surface area (Å²) in [5.41, 5.74) is -0.873. The van der Waals surface area contributed by atoms with Gasteiger partial charge in [0.1, 0.15) is 11.3 Å². The maximum Gasteiger partial charge on any atom is 0.417 e. The van der Waals surface area contributed by atoms with E-state index in [4.69, 9.17) is 9.15 Å². The van der Waals surface area contributed by atoms with Crippen LogP contribution in [-0.2, 0) is 32.6 Å². The average Bonchev–Trinajstić information content (AvgIpc) is 2.97. The Kier molecular flexibility index (Phi) is 8.02. The maximum absolute atomic E-state index is 13.7. The highest BCUT2D eigenvalue weighted by atomic mass is 19.4. The molecule has 0 saturated heterocycles. The lowest BCUT2D eigenvalue weighted by Gasteiger charge is -2.19. The van der Waals surface area contributed by atoms with Crippen molar-refractivity contribution in [2.75, 3.05) is 6.61 Å².